The minimum atomic E-state index is -0.386. The monoisotopic (exact) mass is 465 g/mol. The number of hydrogen-bond acceptors (Lipinski definition) is 3. The van der Waals surface area contributed by atoms with E-state index in [0.717, 1.165) is 43.4 Å². The molecule has 3 heterocycles. The molecule has 2 saturated heterocycles. The van der Waals surface area contributed by atoms with Gasteiger partial charge in [-0.1, -0.05) is 60.2 Å². The molecular formula is C32H35NO2. The van der Waals surface area contributed by atoms with Crippen LogP contribution in [-0.4, -0.2) is 29.5 Å². The van der Waals surface area contributed by atoms with Crippen LogP contribution in [0.4, 0.5) is 0 Å². The third-order valence-electron chi connectivity index (χ3n) is 9.52. The molecule has 3 aliphatic heterocycles. The van der Waals surface area contributed by atoms with Gasteiger partial charge in [-0.3, -0.25) is 4.90 Å². The lowest BCUT2D eigenvalue weighted by molar-refractivity contribution is -0.0652. The van der Waals surface area contributed by atoms with E-state index in [2.05, 4.69) is 53.5 Å². The highest BCUT2D eigenvalue weighted by atomic mass is 16.6. The molecule has 0 N–H and O–H groups in total. The van der Waals surface area contributed by atoms with Crippen LogP contribution < -0.4 is 0 Å². The molecule has 0 amide bonds. The summed E-state index contributed by atoms with van der Waals surface area (Å²) in [7, 11) is 0. The van der Waals surface area contributed by atoms with Crippen LogP contribution in [0.25, 0.3) is 0 Å². The van der Waals surface area contributed by atoms with Gasteiger partial charge in [-0.25, -0.2) is 4.79 Å². The number of ether oxygens (including phenoxy) is 1. The molecule has 0 aromatic heterocycles. The van der Waals surface area contributed by atoms with Gasteiger partial charge in [0.1, 0.15) is 5.60 Å². The maximum Gasteiger partial charge on any atom is 0.339 e. The Morgan fingerprint density at radius 1 is 1.06 bits per heavy atom. The van der Waals surface area contributed by atoms with E-state index in [4.69, 9.17) is 4.74 Å². The lowest BCUT2D eigenvalue weighted by Gasteiger charge is -2.44. The van der Waals surface area contributed by atoms with Crippen molar-refractivity contribution in [2.24, 2.45) is 5.92 Å². The van der Waals surface area contributed by atoms with Crippen LogP contribution in [0, 0.1) is 5.92 Å². The second-order valence-corrected chi connectivity index (χ2v) is 11.3. The van der Waals surface area contributed by atoms with Gasteiger partial charge in [-0.2, -0.15) is 0 Å². The lowest BCUT2D eigenvalue weighted by Crippen LogP contribution is -2.50. The molecule has 2 bridgehead atoms. The molecule has 1 aromatic carbocycles. The summed E-state index contributed by atoms with van der Waals surface area (Å²) < 4.78 is 6.12. The number of piperidine rings is 1. The van der Waals surface area contributed by atoms with E-state index in [1.807, 2.05) is 12.1 Å². The molecule has 3 unspecified atom stereocenters. The molecule has 3 nitrogen and oxygen atoms in total. The van der Waals surface area contributed by atoms with Gasteiger partial charge >= 0.3 is 5.97 Å². The molecule has 0 saturated carbocycles. The van der Waals surface area contributed by atoms with Crippen LogP contribution in [0.5, 0.6) is 0 Å². The summed E-state index contributed by atoms with van der Waals surface area (Å²) in [5, 5.41) is 0. The fourth-order valence-corrected chi connectivity index (χ4v) is 7.96. The number of nitrogens with zero attached hydrogens (tertiary/aromatic N) is 1. The van der Waals surface area contributed by atoms with Gasteiger partial charge in [0, 0.05) is 36.4 Å². The summed E-state index contributed by atoms with van der Waals surface area (Å²) in [6.45, 7) is 1.16. The zero-order chi connectivity index (χ0) is 23.4. The van der Waals surface area contributed by atoms with Gasteiger partial charge < -0.3 is 4.74 Å². The van der Waals surface area contributed by atoms with Gasteiger partial charge in [-0.05, 0) is 80.7 Å². The Hall–Kier alpha value is -2.65. The summed E-state index contributed by atoms with van der Waals surface area (Å²) in [5.41, 5.74) is 7.95. The van der Waals surface area contributed by atoms with Crippen molar-refractivity contribution in [2.75, 3.05) is 6.54 Å². The smallest absolute Gasteiger partial charge is 0.339 e. The summed E-state index contributed by atoms with van der Waals surface area (Å²) in [6.07, 6.45) is 25.8. The van der Waals surface area contributed by atoms with Crippen molar-refractivity contribution in [1.82, 2.24) is 4.90 Å². The highest BCUT2D eigenvalue weighted by Crippen LogP contribution is 2.52. The highest BCUT2D eigenvalue weighted by Gasteiger charge is 2.55. The van der Waals surface area contributed by atoms with E-state index >= 15 is 0 Å². The molecule has 1 aromatic rings. The lowest BCUT2D eigenvalue weighted by atomic mass is 9.78. The van der Waals surface area contributed by atoms with Crippen LogP contribution in [0.2, 0.25) is 0 Å². The van der Waals surface area contributed by atoms with Crippen LogP contribution in [-0.2, 0) is 10.3 Å². The number of rotatable bonds is 4. The predicted molar refractivity (Wildman–Crippen MR) is 139 cm³/mol. The molecule has 0 radical (unpaired) electrons. The largest absolute Gasteiger partial charge is 0.450 e. The first-order valence-electron chi connectivity index (χ1n) is 13.7. The summed E-state index contributed by atoms with van der Waals surface area (Å²) in [4.78, 5) is 15.4. The minimum absolute atomic E-state index is 0.120. The number of esters is 1. The Balaban J connectivity index is 1.08. The second kappa shape index (κ2) is 8.48. The van der Waals surface area contributed by atoms with Crippen molar-refractivity contribution in [1.29, 1.82) is 0 Å². The summed E-state index contributed by atoms with van der Waals surface area (Å²) in [5.74, 6) is 0.418. The van der Waals surface area contributed by atoms with Crippen LogP contribution in [0.1, 0.15) is 80.1 Å². The van der Waals surface area contributed by atoms with Crippen molar-refractivity contribution in [3.05, 3.63) is 94.1 Å². The predicted octanol–water partition coefficient (Wildman–Crippen LogP) is 6.94. The van der Waals surface area contributed by atoms with Crippen LogP contribution in [0.15, 0.2) is 83.0 Å². The second-order valence-electron chi connectivity index (χ2n) is 11.3. The number of hydrogen-bond donors (Lipinski definition) is 0. The molecule has 180 valence electrons. The Bertz CT molecular complexity index is 1200. The van der Waals surface area contributed by atoms with Gasteiger partial charge in [0.05, 0.1) is 5.56 Å². The SMILES string of the molecule is O=C1OC2(CC3CCC(C2)N3CCCC2C3=CC=CCC3=CCC3=C2C=CCC3)c2ccccc21. The Morgan fingerprint density at radius 2 is 1.91 bits per heavy atom. The van der Waals surface area contributed by atoms with Gasteiger partial charge in [-0.15, -0.1) is 0 Å². The summed E-state index contributed by atoms with van der Waals surface area (Å²) >= 11 is 0. The Kier molecular flexibility index (Phi) is 5.24. The molecule has 1 spiro atoms. The highest BCUT2D eigenvalue weighted by molar-refractivity contribution is 5.94. The number of benzene rings is 1. The number of carbonyl (C=O) groups is 1. The first kappa shape index (κ1) is 21.6. The molecule has 7 rings (SSSR count). The van der Waals surface area contributed by atoms with E-state index in [9.17, 15) is 4.79 Å². The molecule has 35 heavy (non-hydrogen) atoms. The topological polar surface area (TPSA) is 29.5 Å². The molecule has 3 aliphatic carbocycles. The number of allylic oxidation sites excluding steroid dienone is 10. The number of carbonyl (C=O) groups excluding carboxylic acids is 1. The van der Waals surface area contributed by atoms with Gasteiger partial charge in [0.15, 0.2) is 0 Å². The van der Waals surface area contributed by atoms with Crippen molar-refractivity contribution in [3.63, 3.8) is 0 Å². The fraction of sp³-hybridized carbons (Fsp3) is 0.469. The van der Waals surface area contributed by atoms with Gasteiger partial charge in [0.25, 0.3) is 0 Å². The van der Waals surface area contributed by atoms with E-state index in [0.29, 0.717) is 18.0 Å². The molecular weight excluding hydrogens is 430 g/mol. The fourth-order valence-electron chi connectivity index (χ4n) is 7.96. The van der Waals surface area contributed by atoms with Crippen LogP contribution in [0.3, 0.4) is 0 Å². The molecule has 6 aliphatic rings. The van der Waals surface area contributed by atoms with Crippen LogP contribution >= 0.6 is 0 Å². The average Bonchev–Trinajstić information content (AvgIpc) is 3.22. The maximum atomic E-state index is 12.6. The molecule has 3 atom stereocenters. The third kappa shape index (κ3) is 3.54. The molecule has 3 heteroatoms. The Labute approximate surface area is 208 Å². The maximum absolute atomic E-state index is 12.6. The Morgan fingerprint density at radius 3 is 2.80 bits per heavy atom. The zero-order valence-electron chi connectivity index (χ0n) is 20.5. The van der Waals surface area contributed by atoms with E-state index < -0.39 is 0 Å². The van der Waals surface area contributed by atoms with E-state index in [1.54, 1.807) is 22.3 Å². The standard InChI is InChI=1S/C32H35NO2/c34-31-29-12-5-6-14-30(29)32(35-31)20-24-17-18-25(21-32)33(24)19-7-13-28-26-10-3-1-8-22(26)15-16-23-9-2-4-11-27(23)28/h1,3-6,10-12,14-15,24-25,28H,2,7-9,13,16-21H2. The van der Waals surface area contributed by atoms with Gasteiger partial charge in [0.2, 0.25) is 0 Å². The van der Waals surface area contributed by atoms with Crippen molar-refractivity contribution in [2.45, 2.75) is 81.9 Å². The zero-order valence-corrected chi connectivity index (χ0v) is 20.5. The minimum Gasteiger partial charge on any atom is -0.450 e. The number of fused-ring (bicyclic) bond motifs is 5. The average molecular weight is 466 g/mol. The first-order valence-corrected chi connectivity index (χ1v) is 13.7. The van der Waals surface area contributed by atoms with E-state index in [1.165, 1.54) is 38.5 Å². The van der Waals surface area contributed by atoms with Crippen molar-refractivity contribution >= 4 is 5.97 Å². The normalized spacial score (nSPS) is 33.1. The first-order chi connectivity index (χ1) is 17.2. The van der Waals surface area contributed by atoms with Crippen molar-refractivity contribution in [3.8, 4) is 0 Å². The summed E-state index contributed by atoms with van der Waals surface area (Å²) in [6, 6.07) is 9.13. The molecule has 2 fully saturated rings. The quantitative estimate of drug-likeness (QED) is 0.451. The van der Waals surface area contributed by atoms with Crippen molar-refractivity contribution < 1.29 is 9.53 Å². The third-order valence-corrected chi connectivity index (χ3v) is 9.52. The van der Waals surface area contributed by atoms with E-state index in [-0.39, 0.29) is 11.6 Å².